The molecule has 0 aliphatic rings. The summed E-state index contributed by atoms with van der Waals surface area (Å²) < 4.78 is 4.90. The molecule has 0 aliphatic heterocycles. The SMILES string of the molecule is CCOC(=O)c1nc(Nc2cccnc2)sc1C(C)=O. The lowest BCUT2D eigenvalue weighted by Crippen LogP contribution is -2.09. The Bertz CT molecular complexity index is 625. The van der Waals surface area contributed by atoms with Crippen molar-refractivity contribution in [1.29, 1.82) is 0 Å². The fourth-order valence-electron chi connectivity index (χ4n) is 1.51. The minimum absolute atomic E-state index is 0.0516. The summed E-state index contributed by atoms with van der Waals surface area (Å²) in [5.74, 6) is -0.807. The van der Waals surface area contributed by atoms with Crippen molar-refractivity contribution >= 4 is 33.9 Å². The van der Waals surface area contributed by atoms with E-state index in [1.807, 2.05) is 6.07 Å². The van der Waals surface area contributed by atoms with Crippen LogP contribution in [0.3, 0.4) is 0 Å². The van der Waals surface area contributed by atoms with E-state index in [0.29, 0.717) is 5.13 Å². The van der Waals surface area contributed by atoms with Crippen molar-refractivity contribution < 1.29 is 14.3 Å². The molecule has 0 bridgehead atoms. The summed E-state index contributed by atoms with van der Waals surface area (Å²) >= 11 is 1.12. The van der Waals surface area contributed by atoms with Crippen LogP contribution in [0.1, 0.15) is 34.0 Å². The third-order valence-electron chi connectivity index (χ3n) is 2.33. The molecule has 0 aromatic carbocycles. The van der Waals surface area contributed by atoms with Crippen LogP contribution >= 0.6 is 11.3 Å². The highest BCUT2D eigenvalue weighted by atomic mass is 32.1. The van der Waals surface area contributed by atoms with Gasteiger partial charge in [0, 0.05) is 13.1 Å². The Hall–Kier alpha value is -2.28. The van der Waals surface area contributed by atoms with E-state index >= 15 is 0 Å². The summed E-state index contributed by atoms with van der Waals surface area (Å²) in [6.45, 7) is 3.33. The van der Waals surface area contributed by atoms with Gasteiger partial charge in [0.2, 0.25) is 0 Å². The first-order valence-corrected chi connectivity index (χ1v) is 6.79. The first-order valence-electron chi connectivity index (χ1n) is 5.97. The molecular weight excluding hydrogens is 278 g/mol. The highest BCUT2D eigenvalue weighted by Crippen LogP contribution is 2.26. The lowest BCUT2D eigenvalue weighted by atomic mass is 10.3. The van der Waals surface area contributed by atoms with E-state index in [1.54, 1.807) is 25.4 Å². The maximum atomic E-state index is 11.8. The van der Waals surface area contributed by atoms with E-state index in [2.05, 4.69) is 15.3 Å². The van der Waals surface area contributed by atoms with Crippen LogP contribution in [0.15, 0.2) is 24.5 Å². The van der Waals surface area contributed by atoms with Crippen LogP contribution in [-0.2, 0) is 4.74 Å². The fraction of sp³-hybridized carbons (Fsp3) is 0.231. The maximum absolute atomic E-state index is 11.8. The summed E-state index contributed by atoms with van der Waals surface area (Å²) in [5, 5.41) is 3.45. The molecule has 2 aromatic heterocycles. The van der Waals surface area contributed by atoms with E-state index in [9.17, 15) is 9.59 Å². The molecule has 104 valence electrons. The normalized spacial score (nSPS) is 10.1. The van der Waals surface area contributed by atoms with Crippen molar-refractivity contribution in [2.45, 2.75) is 13.8 Å². The predicted molar refractivity (Wildman–Crippen MR) is 75.6 cm³/mol. The molecule has 2 aromatic rings. The van der Waals surface area contributed by atoms with E-state index in [1.165, 1.54) is 6.92 Å². The summed E-state index contributed by atoms with van der Waals surface area (Å²) in [6, 6.07) is 3.58. The average molecular weight is 291 g/mol. The molecule has 0 saturated heterocycles. The van der Waals surface area contributed by atoms with Gasteiger partial charge >= 0.3 is 5.97 Å². The third kappa shape index (κ3) is 3.18. The van der Waals surface area contributed by atoms with E-state index in [-0.39, 0.29) is 23.0 Å². The molecule has 0 unspecified atom stereocenters. The quantitative estimate of drug-likeness (QED) is 0.673. The highest BCUT2D eigenvalue weighted by molar-refractivity contribution is 7.17. The van der Waals surface area contributed by atoms with Crippen LogP contribution < -0.4 is 5.32 Å². The van der Waals surface area contributed by atoms with Crippen molar-refractivity contribution in [3.05, 3.63) is 35.1 Å². The number of aromatic nitrogens is 2. The van der Waals surface area contributed by atoms with E-state index < -0.39 is 5.97 Å². The first-order chi connectivity index (χ1) is 9.61. The number of carbonyl (C=O) groups excluding carboxylic acids is 2. The van der Waals surface area contributed by atoms with Gasteiger partial charge in [-0.1, -0.05) is 11.3 Å². The molecule has 20 heavy (non-hydrogen) atoms. The average Bonchev–Trinajstić information content (AvgIpc) is 2.84. The first kappa shape index (κ1) is 14.1. The molecule has 0 spiro atoms. The Morgan fingerprint density at radius 1 is 1.45 bits per heavy atom. The zero-order valence-corrected chi connectivity index (χ0v) is 11.9. The Labute approximate surface area is 119 Å². The Balaban J connectivity index is 2.29. The van der Waals surface area contributed by atoms with E-state index in [0.717, 1.165) is 17.0 Å². The van der Waals surface area contributed by atoms with Gasteiger partial charge in [-0.2, -0.15) is 0 Å². The van der Waals surface area contributed by atoms with Gasteiger partial charge in [0.05, 0.1) is 18.5 Å². The fourth-order valence-corrected chi connectivity index (χ4v) is 2.38. The summed E-state index contributed by atoms with van der Waals surface area (Å²) in [4.78, 5) is 31.7. The molecule has 2 heterocycles. The number of rotatable bonds is 5. The number of nitrogens with one attached hydrogen (secondary N) is 1. The lowest BCUT2D eigenvalue weighted by Gasteiger charge is -2.00. The molecule has 1 N–H and O–H groups in total. The van der Waals surface area contributed by atoms with Crippen LogP contribution in [0.5, 0.6) is 0 Å². The van der Waals surface area contributed by atoms with Crippen LogP contribution in [0.4, 0.5) is 10.8 Å². The Morgan fingerprint density at radius 3 is 2.85 bits per heavy atom. The van der Waals surface area contributed by atoms with Crippen molar-refractivity contribution in [2.75, 3.05) is 11.9 Å². The standard InChI is InChI=1S/C13H13N3O3S/c1-3-19-12(18)10-11(8(2)17)20-13(16-10)15-9-5-4-6-14-7-9/h4-7H,3H2,1-2H3,(H,15,16). The smallest absolute Gasteiger partial charge is 0.358 e. The van der Waals surface area contributed by atoms with Gasteiger partial charge in [-0.25, -0.2) is 9.78 Å². The van der Waals surface area contributed by atoms with Gasteiger partial charge in [-0.3, -0.25) is 9.78 Å². The van der Waals surface area contributed by atoms with E-state index in [4.69, 9.17) is 4.74 Å². The number of hydrogen-bond donors (Lipinski definition) is 1. The number of pyridine rings is 1. The molecule has 0 atom stereocenters. The lowest BCUT2D eigenvalue weighted by molar-refractivity contribution is 0.0517. The second kappa shape index (κ2) is 6.25. The topological polar surface area (TPSA) is 81.2 Å². The zero-order valence-electron chi connectivity index (χ0n) is 11.0. The maximum Gasteiger partial charge on any atom is 0.358 e. The van der Waals surface area contributed by atoms with Crippen LogP contribution in [0.25, 0.3) is 0 Å². The third-order valence-corrected chi connectivity index (χ3v) is 3.40. The summed E-state index contributed by atoms with van der Waals surface area (Å²) in [6.07, 6.45) is 3.27. The minimum Gasteiger partial charge on any atom is -0.461 e. The molecule has 0 fully saturated rings. The molecule has 2 rings (SSSR count). The zero-order chi connectivity index (χ0) is 14.5. The minimum atomic E-state index is -0.590. The van der Waals surface area contributed by atoms with Gasteiger partial charge < -0.3 is 10.1 Å². The number of Topliss-reactive ketones (excluding diaryl/α,β-unsaturated/α-hetero) is 1. The van der Waals surface area contributed by atoms with Gasteiger partial charge in [0.15, 0.2) is 16.6 Å². The molecule has 0 aliphatic carbocycles. The molecule has 7 heteroatoms. The number of ether oxygens (including phenoxy) is 1. The molecule has 6 nitrogen and oxygen atoms in total. The van der Waals surface area contributed by atoms with Gasteiger partial charge in [0.25, 0.3) is 0 Å². The second-order valence-electron chi connectivity index (χ2n) is 3.84. The van der Waals surface area contributed by atoms with Crippen LogP contribution in [0.2, 0.25) is 0 Å². The summed E-state index contributed by atoms with van der Waals surface area (Å²) in [5.41, 5.74) is 0.780. The predicted octanol–water partition coefficient (Wildman–Crippen LogP) is 2.66. The van der Waals surface area contributed by atoms with Gasteiger partial charge in [-0.05, 0) is 19.1 Å². The number of anilines is 2. The molecule has 0 radical (unpaired) electrons. The highest BCUT2D eigenvalue weighted by Gasteiger charge is 2.22. The number of esters is 1. The van der Waals surface area contributed by atoms with Crippen molar-refractivity contribution in [3.8, 4) is 0 Å². The molecule has 0 saturated carbocycles. The van der Waals surface area contributed by atoms with Gasteiger partial charge in [-0.15, -0.1) is 0 Å². The number of thiazole rings is 1. The number of hydrogen-bond acceptors (Lipinski definition) is 7. The van der Waals surface area contributed by atoms with Gasteiger partial charge in [0.1, 0.15) is 4.88 Å². The summed E-state index contributed by atoms with van der Waals surface area (Å²) in [7, 11) is 0. The molecule has 0 amide bonds. The number of carbonyl (C=O) groups is 2. The van der Waals surface area contributed by atoms with Crippen molar-refractivity contribution in [3.63, 3.8) is 0 Å². The van der Waals surface area contributed by atoms with Crippen molar-refractivity contribution in [2.24, 2.45) is 0 Å². The molecular formula is C13H13N3O3S. The van der Waals surface area contributed by atoms with Crippen molar-refractivity contribution in [1.82, 2.24) is 9.97 Å². The van der Waals surface area contributed by atoms with Crippen LogP contribution in [-0.4, -0.2) is 28.3 Å². The number of nitrogens with zero attached hydrogens (tertiary/aromatic N) is 2. The monoisotopic (exact) mass is 291 g/mol. The second-order valence-corrected chi connectivity index (χ2v) is 4.84. The largest absolute Gasteiger partial charge is 0.461 e. The Morgan fingerprint density at radius 2 is 2.25 bits per heavy atom. The number of ketones is 1. The van der Waals surface area contributed by atoms with Crippen LogP contribution in [0, 0.1) is 0 Å². The Kier molecular flexibility index (Phi) is 4.41.